The summed E-state index contributed by atoms with van der Waals surface area (Å²) in [6.07, 6.45) is 3.52. The molecule has 0 saturated carbocycles. The molecule has 3 rings (SSSR count). The molecule has 1 aliphatic rings. The van der Waals surface area contributed by atoms with Gasteiger partial charge in [0.2, 0.25) is 5.91 Å². The zero-order valence-corrected chi connectivity index (χ0v) is 13.9. The first-order valence-electron chi connectivity index (χ1n) is 8.44. The smallest absolute Gasteiger partial charge is 0.234 e. The Hall–Kier alpha value is -2.24. The summed E-state index contributed by atoms with van der Waals surface area (Å²) in [4.78, 5) is 20.8. The first kappa shape index (κ1) is 16.6. The number of nitrogens with one attached hydrogen (secondary N) is 1. The maximum Gasteiger partial charge on any atom is 0.234 e. The van der Waals surface area contributed by atoms with Crippen LogP contribution in [0.2, 0.25) is 0 Å². The lowest BCUT2D eigenvalue weighted by molar-refractivity contribution is -0.122. The number of nitrogens with zero attached hydrogens (tertiary/aromatic N) is 3. The molecular formula is C19H24N4O. The Morgan fingerprint density at radius 2 is 1.67 bits per heavy atom. The maximum absolute atomic E-state index is 12.1. The minimum atomic E-state index is 0.0790. The van der Waals surface area contributed by atoms with Crippen LogP contribution in [-0.2, 0) is 17.9 Å². The van der Waals surface area contributed by atoms with Gasteiger partial charge in [-0.3, -0.25) is 19.6 Å². The van der Waals surface area contributed by atoms with Gasteiger partial charge >= 0.3 is 0 Å². The quantitative estimate of drug-likeness (QED) is 0.875. The molecule has 1 saturated heterocycles. The Labute approximate surface area is 143 Å². The molecule has 2 heterocycles. The van der Waals surface area contributed by atoms with Crippen LogP contribution in [0, 0.1) is 0 Å². The summed E-state index contributed by atoms with van der Waals surface area (Å²) in [6, 6.07) is 14.4. The van der Waals surface area contributed by atoms with Crippen molar-refractivity contribution in [1.82, 2.24) is 20.1 Å². The van der Waals surface area contributed by atoms with E-state index >= 15 is 0 Å². The van der Waals surface area contributed by atoms with E-state index in [0.29, 0.717) is 13.1 Å². The Bertz CT molecular complexity index is 624. The normalized spacial score (nSPS) is 16.0. The highest BCUT2D eigenvalue weighted by Gasteiger charge is 2.18. The number of carbonyl (C=O) groups excluding carboxylic acids is 1. The SMILES string of the molecule is O=C(CN1CCN(Cc2ccccc2)CC1)NCc1cccnc1. The fraction of sp³-hybridized carbons (Fsp3) is 0.368. The molecule has 0 bridgehead atoms. The molecule has 0 aliphatic carbocycles. The highest BCUT2D eigenvalue weighted by molar-refractivity contribution is 5.78. The van der Waals surface area contributed by atoms with Gasteiger partial charge in [-0.05, 0) is 17.2 Å². The molecule has 126 valence electrons. The summed E-state index contributed by atoms with van der Waals surface area (Å²) < 4.78 is 0. The van der Waals surface area contributed by atoms with Crippen LogP contribution in [0.3, 0.4) is 0 Å². The molecule has 5 nitrogen and oxygen atoms in total. The van der Waals surface area contributed by atoms with E-state index in [1.807, 2.05) is 18.2 Å². The van der Waals surface area contributed by atoms with Gasteiger partial charge in [-0.25, -0.2) is 0 Å². The van der Waals surface area contributed by atoms with Gasteiger partial charge in [0.25, 0.3) is 0 Å². The topological polar surface area (TPSA) is 48.5 Å². The average Bonchev–Trinajstić information content (AvgIpc) is 2.63. The summed E-state index contributed by atoms with van der Waals surface area (Å²) in [5.41, 5.74) is 2.37. The number of carbonyl (C=O) groups is 1. The zero-order valence-electron chi connectivity index (χ0n) is 13.9. The van der Waals surface area contributed by atoms with Crippen molar-refractivity contribution in [2.45, 2.75) is 13.1 Å². The molecule has 1 amide bonds. The van der Waals surface area contributed by atoms with E-state index in [0.717, 1.165) is 38.3 Å². The molecule has 5 heteroatoms. The van der Waals surface area contributed by atoms with Crippen LogP contribution in [-0.4, -0.2) is 53.4 Å². The molecule has 0 spiro atoms. The summed E-state index contributed by atoms with van der Waals surface area (Å²) in [7, 11) is 0. The zero-order chi connectivity index (χ0) is 16.6. The lowest BCUT2D eigenvalue weighted by atomic mass is 10.2. The van der Waals surface area contributed by atoms with Crippen LogP contribution in [0.5, 0.6) is 0 Å². The van der Waals surface area contributed by atoms with Gasteiger partial charge in [-0.15, -0.1) is 0 Å². The van der Waals surface area contributed by atoms with E-state index < -0.39 is 0 Å². The minimum Gasteiger partial charge on any atom is -0.351 e. The lowest BCUT2D eigenvalue weighted by Gasteiger charge is -2.34. The van der Waals surface area contributed by atoms with Crippen molar-refractivity contribution < 1.29 is 4.79 Å². The number of hydrogen-bond donors (Lipinski definition) is 1. The number of piperazine rings is 1. The highest BCUT2D eigenvalue weighted by Crippen LogP contribution is 2.08. The van der Waals surface area contributed by atoms with Crippen LogP contribution in [0.4, 0.5) is 0 Å². The van der Waals surface area contributed by atoms with E-state index in [9.17, 15) is 4.79 Å². The van der Waals surface area contributed by atoms with Crippen molar-refractivity contribution in [2.24, 2.45) is 0 Å². The Morgan fingerprint density at radius 3 is 2.38 bits per heavy atom. The van der Waals surface area contributed by atoms with Gasteiger partial charge in [0.05, 0.1) is 6.54 Å². The second-order valence-corrected chi connectivity index (χ2v) is 6.18. The third-order valence-corrected chi connectivity index (χ3v) is 4.29. The molecule has 0 radical (unpaired) electrons. The lowest BCUT2D eigenvalue weighted by Crippen LogP contribution is -2.49. The van der Waals surface area contributed by atoms with Gasteiger partial charge in [-0.1, -0.05) is 36.4 Å². The van der Waals surface area contributed by atoms with Crippen molar-refractivity contribution in [3.8, 4) is 0 Å². The largest absolute Gasteiger partial charge is 0.351 e. The predicted octanol–water partition coefficient (Wildman–Crippen LogP) is 1.52. The fourth-order valence-electron chi connectivity index (χ4n) is 2.91. The van der Waals surface area contributed by atoms with Gasteiger partial charge < -0.3 is 5.32 Å². The standard InChI is InChI=1S/C19H24N4O/c24-19(21-14-18-7-4-8-20-13-18)16-23-11-9-22(10-12-23)15-17-5-2-1-3-6-17/h1-8,13H,9-12,14-16H2,(H,21,24). The number of benzene rings is 1. The summed E-state index contributed by atoms with van der Waals surface area (Å²) in [6.45, 7) is 5.89. The first-order chi connectivity index (χ1) is 11.8. The molecule has 2 aromatic rings. The van der Waals surface area contributed by atoms with Crippen molar-refractivity contribution in [3.63, 3.8) is 0 Å². The number of hydrogen-bond acceptors (Lipinski definition) is 4. The Kier molecular flexibility index (Phi) is 5.93. The summed E-state index contributed by atoms with van der Waals surface area (Å²) in [5.74, 6) is 0.0790. The Balaban J connectivity index is 1.36. The third-order valence-electron chi connectivity index (χ3n) is 4.29. The third kappa shape index (κ3) is 5.15. The van der Waals surface area contributed by atoms with Gasteiger partial charge in [0.15, 0.2) is 0 Å². The minimum absolute atomic E-state index is 0.0790. The molecule has 1 N–H and O–H groups in total. The molecule has 1 fully saturated rings. The van der Waals surface area contributed by atoms with E-state index in [4.69, 9.17) is 0 Å². The molecule has 24 heavy (non-hydrogen) atoms. The monoisotopic (exact) mass is 324 g/mol. The number of amides is 1. The van der Waals surface area contributed by atoms with Crippen molar-refractivity contribution in [1.29, 1.82) is 0 Å². The molecular weight excluding hydrogens is 300 g/mol. The molecule has 0 atom stereocenters. The van der Waals surface area contributed by atoms with Crippen molar-refractivity contribution >= 4 is 5.91 Å². The second-order valence-electron chi connectivity index (χ2n) is 6.18. The predicted molar refractivity (Wildman–Crippen MR) is 94.2 cm³/mol. The molecule has 1 aromatic heterocycles. The van der Waals surface area contributed by atoms with Crippen LogP contribution in [0.1, 0.15) is 11.1 Å². The second kappa shape index (κ2) is 8.57. The van der Waals surface area contributed by atoms with E-state index in [-0.39, 0.29) is 5.91 Å². The fourth-order valence-corrected chi connectivity index (χ4v) is 2.91. The van der Waals surface area contributed by atoms with Crippen LogP contribution >= 0.6 is 0 Å². The van der Waals surface area contributed by atoms with Crippen molar-refractivity contribution in [3.05, 3.63) is 66.0 Å². The first-order valence-corrected chi connectivity index (χ1v) is 8.44. The van der Waals surface area contributed by atoms with Gasteiger partial charge in [-0.2, -0.15) is 0 Å². The molecule has 0 unspecified atom stereocenters. The van der Waals surface area contributed by atoms with Crippen LogP contribution < -0.4 is 5.32 Å². The molecule has 1 aliphatic heterocycles. The summed E-state index contributed by atoms with van der Waals surface area (Å²) >= 11 is 0. The number of rotatable bonds is 6. The molecule has 1 aromatic carbocycles. The van der Waals surface area contributed by atoms with E-state index in [1.165, 1.54) is 5.56 Å². The Morgan fingerprint density at radius 1 is 0.958 bits per heavy atom. The van der Waals surface area contributed by atoms with Gasteiger partial charge in [0.1, 0.15) is 0 Å². The summed E-state index contributed by atoms with van der Waals surface area (Å²) in [5, 5.41) is 2.96. The average molecular weight is 324 g/mol. The van der Waals surface area contributed by atoms with Crippen LogP contribution in [0.15, 0.2) is 54.9 Å². The highest BCUT2D eigenvalue weighted by atomic mass is 16.2. The van der Waals surface area contributed by atoms with Gasteiger partial charge in [0, 0.05) is 51.7 Å². The van der Waals surface area contributed by atoms with Crippen molar-refractivity contribution in [2.75, 3.05) is 32.7 Å². The van der Waals surface area contributed by atoms with E-state index in [2.05, 4.69) is 44.4 Å². The van der Waals surface area contributed by atoms with E-state index in [1.54, 1.807) is 12.4 Å². The number of aromatic nitrogens is 1. The number of pyridine rings is 1. The maximum atomic E-state index is 12.1. The van der Waals surface area contributed by atoms with Crippen LogP contribution in [0.25, 0.3) is 0 Å².